The Hall–Kier alpha value is -2.29. The Morgan fingerprint density at radius 1 is 1.35 bits per heavy atom. The van der Waals surface area contributed by atoms with Gasteiger partial charge in [0.1, 0.15) is 0 Å². The van der Waals surface area contributed by atoms with Crippen LogP contribution >= 0.6 is 0 Å². The van der Waals surface area contributed by atoms with Gasteiger partial charge in [0.05, 0.1) is 17.5 Å². The maximum Gasteiger partial charge on any atom is 0.390 e. The fraction of sp³-hybridized carbons (Fsp3) is 0.273. The van der Waals surface area contributed by atoms with Gasteiger partial charge in [0.2, 0.25) is 0 Å². The van der Waals surface area contributed by atoms with Crippen LogP contribution in [-0.2, 0) is 4.84 Å². The number of nitrogens with one attached hydrogen (secondary N) is 1. The highest BCUT2D eigenvalue weighted by atomic mass is 19.4. The minimum atomic E-state index is -4.37. The van der Waals surface area contributed by atoms with Gasteiger partial charge in [-0.2, -0.15) is 19.1 Å². The van der Waals surface area contributed by atoms with Gasteiger partial charge in [-0.3, -0.25) is 0 Å². The molecule has 0 saturated carbocycles. The Bertz CT molecular complexity index is 517. The lowest BCUT2D eigenvalue weighted by Crippen LogP contribution is -2.18. The van der Waals surface area contributed by atoms with Crippen molar-refractivity contribution in [2.45, 2.75) is 12.6 Å². The van der Waals surface area contributed by atoms with Crippen molar-refractivity contribution in [3.8, 4) is 0 Å². The van der Waals surface area contributed by atoms with Crippen molar-refractivity contribution in [3.63, 3.8) is 0 Å². The molecule has 0 heterocycles. The first-order valence-corrected chi connectivity index (χ1v) is 5.33. The molecule has 0 unspecified atom stereocenters. The lowest BCUT2D eigenvalue weighted by atomic mass is 10.1. The van der Waals surface area contributed by atoms with Gasteiger partial charge in [0.25, 0.3) is 0 Å². The molecule has 6 nitrogen and oxygen atoms in total. The van der Waals surface area contributed by atoms with E-state index in [9.17, 15) is 22.8 Å². The summed E-state index contributed by atoms with van der Waals surface area (Å²) in [6, 6.07) is 3.25. The summed E-state index contributed by atoms with van der Waals surface area (Å²) < 4.78 is 36.1. The Morgan fingerprint density at radius 3 is 2.50 bits per heavy atom. The van der Waals surface area contributed by atoms with Crippen molar-refractivity contribution in [3.05, 3.63) is 29.3 Å². The number of carboxylic acid groups (broad SMARTS) is 1. The van der Waals surface area contributed by atoms with Crippen LogP contribution in [0.4, 0.5) is 18.9 Å². The fourth-order valence-corrected chi connectivity index (χ4v) is 1.40. The van der Waals surface area contributed by atoms with E-state index in [2.05, 4.69) is 10.2 Å². The van der Waals surface area contributed by atoms with Crippen molar-refractivity contribution in [2.75, 3.05) is 11.9 Å². The van der Waals surface area contributed by atoms with Crippen LogP contribution in [0.3, 0.4) is 0 Å². The lowest BCUT2D eigenvalue weighted by Gasteiger charge is -2.12. The van der Waals surface area contributed by atoms with Gasteiger partial charge in [-0.15, -0.1) is 0 Å². The van der Waals surface area contributed by atoms with E-state index in [1.165, 1.54) is 0 Å². The van der Waals surface area contributed by atoms with E-state index in [1.807, 2.05) is 0 Å². The topological polar surface area (TPSA) is 102 Å². The van der Waals surface area contributed by atoms with E-state index < -0.39 is 31.1 Å². The highest BCUT2D eigenvalue weighted by molar-refractivity contribution is 5.98. The summed E-state index contributed by atoms with van der Waals surface area (Å²) in [5.41, 5.74) is -0.433. The van der Waals surface area contributed by atoms with E-state index in [1.54, 1.807) is 0 Å². The van der Waals surface area contributed by atoms with Crippen LogP contribution in [0.2, 0.25) is 0 Å². The molecule has 0 radical (unpaired) electrons. The molecule has 110 valence electrons. The third-order valence-electron chi connectivity index (χ3n) is 2.32. The van der Waals surface area contributed by atoms with Gasteiger partial charge >= 0.3 is 18.1 Å². The second-order valence-electron chi connectivity index (χ2n) is 3.76. The van der Waals surface area contributed by atoms with E-state index in [0.29, 0.717) is 0 Å². The molecule has 0 aromatic heterocycles. The van der Waals surface area contributed by atoms with Crippen LogP contribution in [0.25, 0.3) is 0 Å². The highest BCUT2D eigenvalue weighted by Gasteiger charge is 2.26. The number of benzene rings is 1. The van der Waals surface area contributed by atoms with Crippen molar-refractivity contribution in [1.82, 2.24) is 0 Å². The van der Waals surface area contributed by atoms with Crippen molar-refractivity contribution < 1.29 is 32.7 Å². The van der Waals surface area contributed by atoms with Crippen molar-refractivity contribution in [1.29, 1.82) is 0 Å². The Kier molecular flexibility index (Phi) is 4.92. The molecule has 0 fully saturated rings. The summed E-state index contributed by atoms with van der Waals surface area (Å²) in [5.74, 6) is 2.42. The molecule has 0 saturated heterocycles. The van der Waals surface area contributed by atoms with Gasteiger partial charge in [-0.05, 0) is 18.2 Å². The van der Waals surface area contributed by atoms with Crippen LogP contribution in [0.1, 0.15) is 27.1 Å². The van der Waals surface area contributed by atoms with Gasteiger partial charge in [-0.25, -0.2) is 9.59 Å². The number of rotatable bonds is 5. The molecule has 0 aliphatic rings. The van der Waals surface area contributed by atoms with E-state index >= 15 is 0 Å². The van der Waals surface area contributed by atoms with Crippen LogP contribution in [0.15, 0.2) is 18.2 Å². The molecule has 20 heavy (non-hydrogen) atoms. The number of alkyl halides is 3. The second kappa shape index (κ2) is 6.24. The van der Waals surface area contributed by atoms with Gasteiger partial charge in [0.15, 0.2) is 0 Å². The first-order chi connectivity index (χ1) is 9.24. The Balaban J connectivity index is 2.96. The molecule has 1 aromatic rings. The molecule has 0 spiro atoms. The zero-order valence-electron chi connectivity index (χ0n) is 10.0. The lowest BCUT2D eigenvalue weighted by molar-refractivity contribution is -0.131. The molecule has 0 amide bonds. The van der Waals surface area contributed by atoms with E-state index in [0.717, 1.165) is 18.2 Å². The largest absolute Gasteiger partial charge is 0.478 e. The third kappa shape index (κ3) is 4.43. The number of anilines is 1. The number of carboxylic acids is 1. The normalized spacial score (nSPS) is 11.0. The molecule has 0 atom stereocenters. The fourth-order valence-electron chi connectivity index (χ4n) is 1.40. The monoisotopic (exact) mass is 292 g/mol. The van der Waals surface area contributed by atoms with Gasteiger partial charge in [0, 0.05) is 12.2 Å². The van der Waals surface area contributed by atoms with Crippen molar-refractivity contribution in [2.24, 2.45) is 5.90 Å². The molecular formula is C11H11F3N2O4. The predicted octanol–water partition coefficient (Wildman–Crippen LogP) is 1.78. The highest BCUT2D eigenvalue weighted by Crippen LogP contribution is 2.22. The summed E-state index contributed by atoms with van der Waals surface area (Å²) in [6.07, 6.45) is -5.51. The zero-order chi connectivity index (χ0) is 15.3. The van der Waals surface area contributed by atoms with Crippen LogP contribution < -0.4 is 11.2 Å². The standard InChI is InChI=1S/C11H11F3N2O4/c12-11(13,14)3-4-16-8-5-6(9(17)18)1-2-7(8)10(19)20-15/h1-2,5,16H,3-4,15H2,(H,17,18). The molecule has 1 aromatic carbocycles. The predicted molar refractivity (Wildman–Crippen MR) is 62.2 cm³/mol. The van der Waals surface area contributed by atoms with E-state index in [4.69, 9.17) is 11.0 Å². The first kappa shape index (κ1) is 15.8. The number of carbonyl (C=O) groups is 2. The molecule has 9 heteroatoms. The zero-order valence-corrected chi connectivity index (χ0v) is 10.0. The number of halogens is 3. The SMILES string of the molecule is NOC(=O)c1ccc(C(=O)O)cc1NCCC(F)(F)F. The number of nitrogens with two attached hydrogens (primary N) is 1. The minimum absolute atomic E-state index is 0.0930. The summed E-state index contributed by atoms with van der Waals surface area (Å²) in [6.45, 7) is -0.516. The minimum Gasteiger partial charge on any atom is -0.478 e. The average Bonchev–Trinajstić information content (AvgIpc) is 2.36. The molecule has 1 rings (SSSR count). The third-order valence-corrected chi connectivity index (χ3v) is 2.32. The molecule has 0 aliphatic carbocycles. The number of aromatic carboxylic acids is 1. The smallest absolute Gasteiger partial charge is 0.390 e. The maximum atomic E-state index is 12.0. The van der Waals surface area contributed by atoms with Gasteiger partial charge < -0.3 is 15.3 Å². The average molecular weight is 292 g/mol. The number of carbonyl (C=O) groups excluding carboxylic acids is 1. The summed E-state index contributed by atoms with van der Waals surface area (Å²) in [5, 5.41) is 11.1. The molecule has 0 aliphatic heterocycles. The number of hydrogen-bond donors (Lipinski definition) is 3. The number of hydrogen-bond acceptors (Lipinski definition) is 5. The summed E-state index contributed by atoms with van der Waals surface area (Å²) in [7, 11) is 0. The van der Waals surface area contributed by atoms with Gasteiger partial charge in [-0.1, -0.05) is 0 Å². The van der Waals surface area contributed by atoms with Crippen LogP contribution in [-0.4, -0.2) is 29.8 Å². The second-order valence-corrected chi connectivity index (χ2v) is 3.76. The van der Waals surface area contributed by atoms with Crippen LogP contribution in [0.5, 0.6) is 0 Å². The molecule has 4 N–H and O–H groups in total. The van der Waals surface area contributed by atoms with E-state index in [-0.39, 0.29) is 16.8 Å². The summed E-state index contributed by atoms with van der Waals surface area (Å²) in [4.78, 5) is 26.1. The van der Waals surface area contributed by atoms with Crippen LogP contribution in [0, 0.1) is 0 Å². The quantitative estimate of drug-likeness (QED) is 0.715. The molecule has 0 bridgehead atoms. The molecular weight excluding hydrogens is 281 g/mol. The van der Waals surface area contributed by atoms with Crippen molar-refractivity contribution >= 4 is 17.6 Å². The first-order valence-electron chi connectivity index (χ1n) is 5.33. The summed E-state index contributed by atoms with van der Waals surface area (Å²) >= 11 is 0. The maximum absolute atomic E-state index is 12.0. The Labute approximate surface area is 111 Å². The Morgan fingerprint density at radius 2 is 2.00 bits per heavy atom.